The Hall–Kier alpha value is -3.35. The van der Waals surface area contributed by atoms with Crippen molar-refractivity contribution in [3.05, 3.63) is 76.0 Å². The Morgan fingerprint density at radius 1 is 1.13 bits per heavy atom. The minimum absolute atomic E-state index is 0.0332. The van der Waals surface area contributed by atoms with Crippen molar-refractivity contribution >= 4 is 22.9 Å². The third-order valence-corrected chi connectivity index (χ3v) is 3.19. The SMILES string of the molecule is O=C(N/N=C/c1ccccc1F)c1n[nH]c(=O)c2ccccc12. The second-order valence-electron chi connectivity index (χ2n) is 4.67. The van der Waals surface area contributed by atoms with Crippen molar-refractivity contribution < 1.29 is 9.18 Å². The number of hydrogen-bond acceptors (Lipinski definition) is 4. The van der Waals surface area contributed by atoms with E-state index in [0.29, 0.717) is 10.8 Å². The van der Waals surface area contributed by atoms with Crippen LogP contribution < -0.4 is 11.0 Å². The molecule has 114 valence electrons. The van der Waals surface area contributed by atoms with Crippen LogP contribution in [0.25, 0.3) is 10.8 Å². The van der Waals surface area contributed by atoms with E-state index < -0.39 is 11.7 Å². The molecule has 0 bridgehead atoms. The molecule has 2 N–H and O–H groups in total. The number of hydrazone groups is 1. The number of rotatable bonds is 3. The molecule has 0 atom stereocenters. The van der Waals surface area contributed by atoms with Crippen LogP contribution in [0.4, 0.5) is 4.39 Å². The number of nitrogens with zero attached hydrogens (tertiary/aromatic N) is 2. The van der Waals surface area contributed by atoms with E-state index >= 15 is 0 Å². The van der Waals surface area contributed by atoms with Gasteiger partial charge in [0, 0.05) is 10.9 Å². The van der Waals surface area contributed by atoms with Gasteiger partial charge in [0.15, 0.2) is 5.69 Å². The van der Waals surface area contributed by atoms with Gasteiger partial charge in [0.05, 0.1) is 11.6 Å². The average Bonchev–Trinajstić information content (AvgIpc) is 2.57. The molecule has 0 saturated heterocycles. The highest BCUT2D eigenvalue weighted by atomic mass is 19.1. The Bertz CT molecular complexity index is 965. The molecule has 0 aliphatic carbocycles. The number of carbonyl (C=O) groups excluding carboxylic acids is 1. The van der Waals surface area contributed by atoms with E-state index in [1.165, 1.54) is 18.3 Å². The zero-order valence-corrected chi connectivity index (χ0v) is 11.8. The summed E-state index contributed by atoms with van der Waals surface area (Å²) in [7, 11) is 0. The van der Waals surface area contributed by atoms with Crippen LogP contribution in [-0.2, 0) is 0 Å². The molecule has 0 aliphatic rings. The molecule has 3 rings (SSSR count). The molecule has 1 heterocycles. The number of H-pyrrole nitrogens is 1. The van der Waals surface area contributed by atoms with Crippen molar-refractivity contribution in [2.75, 3.05) is 0 Å². The van der Waals surface area contributed by atoms with Crippen LogP contribution in [0.1, 0.15) is 16.1 Å². The zero-order valence-electron chi connectivity index (χ0n) is 11.8. The maximum atomic E-state index is 13.4. The van der Waals surface area contributed by atoms with Crippen LogP contribution >= 0.6 is 0 Å². The highest BCUT2D eigenvalue weighted by molar-refractivity contribution is 6.04. The summed E-state index contributed by atoms with van der Waals surface area (Å²) in [4.78, 5) is 23.8. The topological polar surface area (TPSA) is 87.2 Å². The van der Waals surface area contributed by atoms with E-state index in [1.807, 2.05) is 0 Å². The molecular formula is C16H11FN4O2. The monoisotopic (exact) mass is 310 g/mol. The standard InChI is InChI=1S/C16H11FN4O2/c17-13-8-4-1-5-10(13)9-18-20-16(23)14-11-6-2-3-7-12(11)15(22)21-19-14/h1-9H,(H,20,23)(H,21,22)/b18-9+. The van der Waals surface area contributed by atoms with Crippen molar-refractivity contribution in [1.82, 2.24) is 15.6 Å². The summed E-state index contributed by atoms with van der Waals surface area (Å²) in [6.07, 6.45) is 1.20. The number of carbonyl (C=O) groups is 1. The molecule has 0 fully saturated rings. The lowest BCUT2D eigenvalue weighted by Crippen LogP contribution is -2.22. The Labute approximate surface area is 129 Å². The lowest BCUT2D eigenvalue weighted by molar-refractivity contribution is 0.0951. The van der Waals surface area contributed by atoms with E-state index in [1.54, 1.807) is 36.4 Å². The first kappa shape index (κ1) is 14.6. The molecule has 23 heavy (non-hydrogen) atoms. The van der Waals surface area contributed by atoms with Gasteiger partial charge >= 0.3 is 0 Å². The van der Waals surface area contributed by atoms with Gasteiger partial charge in [0.25, 0.3) is 11.5 Å². The molecule has 3 aromatic rings. The number of nitrogens with one attached hydrogen (secondary N) is 2. The lowest BCUT2D eigenvalue weighted by atomic mass is 10.1. The predicted octanol–water partition coefficient (Wildman–Crippen LogP) is 1.83. The first-order valence-electron chi connectivity index (χ1n) is 6.72. The third-order valence-electron chi connectivity index (χ3n) is 3.19. The molecule has 1 aromatic heterocycles. The predicted molar refractivity (Wildman–Crippen MR) is 83.8 cm³/mol. The number of aromatic amines is 1. The average molecular weight is 310 g/mol. The Morgan fingerprint density at radius 3 is 2.61 bits per heavy atom. The maximum Gasteiger partial charge on any atom is 0.292 e. The fourth-order valence-electron chi connectivity index (χ4n) is 2.08. The summed E-state index contributed by atoms with van der Waals surface area (Å²) in [5, 5.41) is 10.5. The van der Waals surface area contributed by atoms with Crippen LogP contribution in [0, 0.1) is 5.82 Å². The molecule has 0 spiro atoms. The van der Waals surface area contributed by atoms with Crippen LogP contribution in [0.2, 0.25) is 0 Å². The molecule has 0 radical (unpaired) electrons. The molecule has 7 heteroatoms. The van der Waals surface area contributed by atoms with Gasteiger partial charge < -0.3 is 0 Å². The van der Waals surface area contributed by atoms with Gasteiger partial charge in [-0.15, -0.1) is 0 Å². The molecular weight excluding hydrogens is 299 g/mol. The van der Waals surface area contributed by atoms with Crippen LogP contribution in [0.5, 0.6) is 0 Å². The van der Waals surface area contributed by atoms with Gasteiger partial charge in [-0.2, -0.15) is 10.2 Å². The number of amides is 1. The summed E-state index contributed by atoms with van der Waals surface area (Å²) in [6, 6.07) is 12.6. The third kappa shape index (κ3) is 2.98. The zero-order chi connectivity index (χ0) is 16.2. The number of hydrogen-bond donors (Lipinski definition) is 2. The minimum atomic E-state index is -0.606. The van der Waals surface area contributed by atoms with Crippen LogP contribution in [-0.4, -0.2) is 22.3 Å². The second-order valence-corrected chi connectivity index (χ2v) is 4.67. The van der Waals surface area contributed by atoms with Crippen molar-refractivity contribution in [2.24, 2.45) is 5.10 Å². The van der Waals surface area contributed by atoms with E-state index in [9.17, 15) is 14.0 Å². The van der Waals surface area contributed by atoms with Gasteiger partial charge in [-0.05, 0) is 12.1 Å². The molecule has 0 aliphatic heterocycles. The van der Waals surface area contributed by atoms with Gasteiger partial charge in [0.2, 0.25) is 0 Å². The smallest absolute Gasteiger partial charge is 0.267 e. The minimum Gasteiger partial charge on any atom is -0.267 e. The lowest BCUT2D eigenvalue weighted by Gasteiger charge is -2.03. The molecule has 2 aromatic carbocycles. The van der Waals surface area contributed by atoms with E-state index in [-0.39, 0.29) is 16.8 Å². The first-order valence-corrected chi connectivity index (χ1v) is 6.72. The summed E-state index contributed by atoms with van der Waals surface area (Å²) in [5.74, 6) is -1.05. The first-order chi connectivity index (χ1) is 11.2. The normalized spacial score (nSPS) is 11.0. The van der Waals surface area contributed by atoms with E-state index in [0.717, 1.165) is 0 Å². The number of halogens is 1. The van der Waals surface area contributed by atoms with Crippen molar-refractivity contribution in [2.45, 2.75) is 0 Å². The fraction of sp³-hybridized carbons (Fsp3) is 0. The summed E-state index contributed by atoms with van der Waals surface area (Å²) < 4.78 is 13.4. The van der Waals surface area contributed by atoms with Gasteiger partial charge in [-0.3, -0.25) is 9.59 Å². The van der Waals surface area contributed by atoms with Crippen molar-refractivity contribution in [3.63, 3.8) is 0 Å². The van der Waals surface area contributed by atoms with Gasteiger partial charge in [0.1, 0.15) is 5.82 Å². The number of aromatic nitrogens is 2. The van der Waals surface area contributed by atoms with Crippen LogP contribution in [0.15, 0.2) is 58.4 Å². The fourth-order valence-corrected chi connectivity index (χ4v) is 2.08. The van der Waals surface area contributed by atoms with Gasteiger partial charge in [-0.1, -0.05) is 36.4 Å². The summed E-state index contributed by atoms with van der Waals surface area (Å²) >= 11 is 0. The second kappa shape index (κ2) is 6.18. The summed E-state index contributed by atoms with van der Waals surface area (Å²) in [6.45, 7) is 0. The quantitative estimate of drug-likeness (QED) is 0.571. The number of fused-ring (bicyclic) bond motifs is 1. The highest BCUT2D eigenvalue weighted by Crippen LogP contribution is 2.12. The molecule has 6 nitrogen and oxygen atoms in total. The maximum absolute atomic E-state index is 13.4. The van der Waals surface area contributed by atoms with Crippen molar-refractivity contribution in [3.8, 4) is 0 Å². The van der Waals surface area contributed by atoms with Gasteiger partial charge in [-0.25, -0.2) is 14.9 Å². The van der Waals surface area contributed by atoms with E-state index in [4.69, 9.17) is 0 Å². The Morgan fingerprint density at radius 2 is 1.83 bits per heavy atom. The largest absolute Gasteiger partial charge is 0.292 e. The summed E-state index contributed by atoms with van der Waals surface area (Å²) in [5.41, 5.74) is 2.16. The molecule has 0 saturated carbocycles. The number of benzene rings is 2. The van der Waals surface area contributed by atoms with Crippen LogP contribution in [0.3, 0.4) is 0 Å². The molecule has 1 amide bonds. The highest BCUT2D eigenvalue weighted by Gasteiger charge is 2.13. The van der Waals surface area contributed by atoms with E-state index in [2.05, 4.69) is 20.7 Å². The molecule has 0 unspecified atom stereocenters. The van der Waals surface area contributed by atoms with Crippen molar-refractivity contribution in [1.29, 1.82) is 0 Å². The Balaban J connectivity index is 1.86. The Kier molecular flexibility index (Phi) is 3.92.